The van der Waals surface area contributed by atoms with E-state index in [9.17, 15) is 0 Å². The predicted octanol–water partition coefficient (Wildman–Crippen LogP) is 2.03. The van der Waals surface area contributed by atoms with Crippen LogP contribution in [-0.2, 0) is 6.54 Å². The zero-order valence-corrected chi connectivity index (χ0v) is 14.1. The first-order valence-electron chi connectivity index (χ1n) is 8.35. The Balaban J connectivity index is 1.47. The molecule has 4 rings (SSSR count). The minimum Gasteiger partial charge on any atom is -0.348 e. The smallest absolute Gasteiger partial charge is 0.150 e. The lowest BCUT2D eigenvalue weighted by Gasteiger charge is -2.15. The summed E-state index contributed by atoms with van der Waals surface area (Å²) in [6.07, 6.45) is 9.68. The third-order valence-electron chi connectivity index (χ3n) is 4.26. The van der Waals surface area contributed by atoms with Crippen LogP contribution in [0.5, 0.6) is 0 Å². The Morgan fingerprint density at radius 2 is 2.16 bits per heavy atom. The summed E-state index contributed by atoms with van der Waals surface area (Å²) in [4.78, 5) is 27.5. The Bertz CT molecular complexity index is 818. The van der Waals surface area contributed by atoms with Crippen LogP contribution in [0, 0.1) is 6.92 Å². The highest BCUT2D eigenvalue weighted by Crippen LogP contribution is 2.27. The number of aryl methyl sites for hydroxylation is 1. The van der Waals surface area contributed by atoms with Gasteiger partial charge in [0.2, 0.25) is 0 Å². The monoisotopic (exact) mass is 336 g/mol. The highest BCUT2D eigenvalue weighted by molar-refractivity contribution is 5.50. The van der Waals surface area contributed by atoms with Crippen molar-refractivity contribution in [3.05, 3.63) is 54.4 Å². The zero-order chi connectivity index (χ0) is 17.1. The second-order valence-corrected chi connectivity index (χ2v) is 6.23. The molecule has 8 nitrogen and oxygen atoms in total. The molecule has 1 aliphatic rings. The summed E-state index contributed by atoms with van der Waals surface area (Å²) in [6, 6.07) is 1.92. The number of hydrogen-bond acceptors (Lipinski definition) is 7. The van der Waals surface area contributed by atoms with E-state index in [0.29, 0.717) is 11.7 Å². The average molecular weight is 336 g/mol. The number of rotatable bonds is 5. The van der Waals surface area contributed by atoms with Gasteiger partial charge in [0.1, 0.15) is 23.3 Å². The van der Waals surface area contributed by atoms with Gasteiger partial charge >= 0.3 is 0 Å². The quantitative estimate of drug-likeness (QED) is 0.736. The van der Waals surface area contributed by atoms with Gasteiger partial charge < -0.3 is 10.3 Å². The molecule has 3 aromatic heterocycles. The molecule has 128 valence electrons. The topological polar surface area (TPSA) is 95.5 Å². The van der Waals surface area contributed by atoms with Crippen LogP contribution in [0.15, 0.2) is 37.1 Å². The van der Waals surface area contributed by atoms with Crippen molar-refractivity contribution in [3.8, 4) is 0 Å². The average Bonchev–Trinajstić information content (AvgIpc) is 3.28. The van der Waals surface area contributed by atoms with Crippen molar-refractivity contribution in [1.29, 1.82) is 0 Å². The fraction of sp³-hybridized carbons (Fsp3) is 0.353. The largest absolute Gasteiger partial charge is 0.348 e. The van der Waals surface area contributed by atoms with E-state index in [4.69, 9.17) is 4.98 Å². The number of likely N-dealkylation sites (tertiary alicyclic amines) is 1. The molecule has 0 aromatic carbocycles. The van der Waals surface area contributed by atoms with Gasteiger partial charge in [0.25, 0.3) is 0 Å². The molecule has 1 aliphatic heterocycles. The standard InChI is InChI=1S/C17H20N8/c1-12-8-14(23-15-9-18-3-4-19-15)24-17(22-12)13-2-7-25(10-13)11-16-20-5-6-21-16/h3-6,8-9,13H,2,7,10-11H2,1H3,(H,20,21)(H,19,22,23,24)/t13-/m0/s1. The molecular formula is C17H20N8. The van der Waals surface area contributed by atoms with Crippen molar-refractivity contribution in [2.45, 2.75) is 25.8 Å². The molecule has 0 unspecified atom stereocenters. The van der Waals surface area contributed by atoms with Crippen molar-refractivity contribution < 1.29 is 0 Å². The lowest BCUT2D eigenvalue weighted by atomic mass is 10.1. The first-order chi connectivity index (χ1) is 12.3. The van der Waals surface area contributed by atoms with Crippen LogP contribution < -0.4 is 5.32 Å². The lowest BCUT2D eigenvalue weighted by molar-refractivity contribution is 0.318. The Kier molecular flexibility index (Phi) is 4.34. The highest BCUT2D eigenvalue weighted by atomic mass is 15.2. The minimum absolute atomic E-state index is 0.331. The van der Waals surface area contributed by atoms with Gasteiger partial charge in [-0.15, -0.1) is 0 Å². The Morgan fingerprint density at radius 1 is 1.20 bits per heavy atom. The molecule has 1 atom stereocenters. The van der Waals surface area contributed by atoms with Gasteiger partial charge in [-0.05, 0) is 19.9 Å². The SMILES string of the molecule is Cc1cc(Nc2cnccn2)nc([C@H]2CCN(Cc3ncc[nH]3)C2)n1. The highest BCUT2D eigenvalue weighted by Gasteiger charge is 2.27. The van der Waals surface area contributed by atoms with Crippen molar-refractivity contribution in [1.82, 2.24) is 34.8 Å². The number of H-pyrrole nitrogens is 1. The zero-order valence-electron chi connectivity index (χ0n) is 14.1. The van der Waals surface area contributed by atoms with Crippen LogP contribution >= 0.6 is 0 Å². The van der Waals surface area contributed by atoms with E-state index in [-0.39, 0.29) is 0 Å². The van der Waals surface area contributed by atoms with Gasteiger partial charge in [0, 0.05) is 49.0 Å². The van der Waals surface area contributed by atoms with Crippen LogP contribution in [0.4, 0.5) is 11.6 Å². The third-order valence-corrected chi connectivity index (χ3v) is 4.26. The molecule has 4 heterocycles. The van der Waals surface area contributed by atoms with Gasteiger partial charge in [-0.3, -0.25) is 9.88 Å². The van der Waals surface area contributed by atoms with Gasteiger partial charge in [-0.2, -0.15) is 0 Å². The third kappa shape index (κ3) is 3.80. The number of nitrogens with zero attached hydrogens (tertiary/aromatic N) is 6. The molecule has 0 saturated carbocycles. The summed E-state index contributed by atoms with van der Waals surface area (Å²) in [5, 5.41) is 3.20. The Morgan fingerprint density at radius 3 is 2.96 bits per heavy atom. The van der Waals surface area contributed by atoms with Gasteiger partial charge in [0.15, 0.2) is 0 Å². The number of nitrogens with one attached hydrogen (secondary N) is 2. The van der Waals surface area contributed by atoms with Crippen LogP contribution in [-0.4, -0.2) is 47.9 Å². The Labute approximate surface area is 145 Å². The summed E-state index contributed by atoms with van der Waals surface area (Å²) in [6.45, 7) is 4.78. The Hall–Kier alpha value is -2.87. The molecule has 0 radical (unpaired) electrons. The fourth-order valence-electron chi connectivity index (χ4n) is 3.12. The van der Waals surface area contributed by atoms with E-state index in [2.05, 4.69) is 35.1 Å². The summed E-state index contributed by atoms with van der Waals surface area (Å²) < 4.78 is 0. The fourth-order valence-corrected chi connectivity index (χ4v) is 3.12. The first-order valence-corrected chi connectivity index (χ1v) is 8.35. The predicted molar refractivity (Wildman–Crippen MR) is 93.3 cm³/mol. The van der Waals surface area contributed by atoms with Crippen molar-refractivity contribution in [2.75, 3.05) is 18.4 Å². The van der Waals surface area contributed by atoms with Crippen LogP contribution in [0.2, 0.25) is 0 Å². The van der Waals surface area contributed by atoms with E-state index in [1.165, 1.54) is 0 Å². The van der Waals surface area contributed by atoms with E-state index < -0.39 is 0 Å². The van der Waals surface area contributed by atoms with Crippen molar-refractivity contribution in [2.24, 2.45) is 0 Å². The van der Waals surface area contributed by atoms with Gasteiger partial charge in [-0.1, -0.05) is 0 Å². The second-order valence-electron chi connectivity index (χ2n) is 6.23. The van der Waals surface area contributed by atoms with Crippen LogP contribution in [0.3, 0.4) is 0 Å². The molecule has 8 heteroatoms. The number of aromatic amines is 1. The maximum absolute atomic E-state index is 4.70. The summed E-state index contributed by atoms with van der Waals surface area (Å²) in [5.41, 5.74) is 0.945. The molecule has 0 aliphatic carbocycles. The van der Waals surface area contributed by atoms with E-state index in [0.717, 1.165) is 49.2 Å². The van der Waals surface area contributed by atoms with E-state index >= 15 is 0 Å². The van der Waals surface area contributed by atoms with Gasteiger partial charge in [-0.25, -0.2) is 19.9 Å². The van der Waals surface area contributed by atoms with E-state index in [1.807, 2.05) is 19.2 Å². The number of anilines is 2. The number of aromatic nitrogens is 6. The maximum Gasteiger partial charge on any atom is 0.150 e. The normalized spacial score (nSPS) is 17.7. The maximum atomic E-state index is 4.70. The first kappa shape index (κ1) is 15.6. The summed E-state index contributed by atoms with van der Waals surface area (Å²) in [7, 11) is 0. The molecule has 1 saturated heterocycles. The van der Waals surface area contributed by atoms with Crippen molar-refractivity contribution >= 4 is 11.6 Å². The minimum atomic E-state index is 0.331. The van der Waals surface area contributed by atoms with Crippen LogP contribution in [0.1, 0.15) is 29.7 Å². The molecule has 0 amide bonds. The van der Waals surface area contributed by atoms with E-state index in [1.54, 1.807) is 24.8 Å². The summed E-state index contributed by atoms with van der Waals surface area (Å²) in [5.74, 6) is 3.64. The molecule has 0 spiro atoms. The molecule has 2 N–H and O–H groups in total. The lowest BCUT2D eigenvalue weighted by Crippen LogP contribution is -2.21. The number of imidazole rings is 1. The molecule has 1 fully saturated rings. The van der Waals surface area contributed by atoms with Crippen LogP contribution in [0.25, 0.3) is 0 Å². The molecule has 0 bridgehead atoms. The van der Waals surface area contributed by atoms with Gasteiger partial charge in [0.05, 0.1) is 12.7 Å². The molecule has 3 aromatic rings. The molecule has 25 heavy (non-hydrogen) atoms. The second kappa shape index (κ2) is 6.94. The molecular weight excluding hydrogens is 316 g/mol. The van der Waals surface area contributed by atoms with Crippen molar-refractivity contribution in [3.63, 3.8) is 0 Å². The summed E-state index contributed by atoms with van der Waals surface area (Å²) >= 11 is 0. The number of hydrogen-bond donors (Lipinski definition) is 2.